The van der Waals surface area contributed by atoms with Crippen LogP contribution in [-0.4, -0.2) is 49.9 Å². The van der Waals surface area contributed by atoms with E-state index in [4.69, 9.17) is 24.3 Å². The van der Waals surface area contributed by atoms with Crippen molar-refractivity contribution in [2.24, 2.45) is 5.73 Å². The van der Waals surface area contributed by atoms with Crippen LogP contribution in [0.3, 0.4) is 0 Å². The van der Waals surface area contributed by atoms with Gasteiger partial charge in [-0.2, -0.15) is 0 Å². The van der Waals surface area contributed by atoms with E-state index in [0.717, 1.165) is 44.9 Å². The minimum Gasteiger partial charge on any atom is -0.457 e. The van der Waals surface area contributed by atoms with Crippen LogP contribution in [-0.2, 0) is 27.9 Å². The van der Waals surface area contributed by atoms with Crippen molar-refractivity contribution in [3.63, 3.8) is 0 Å². The molecule has 8 nitrogen and oxygen atoms in total. The highest BCUT2D eigenvalue weighted by molar-refractivity contribution is 7.47. The summed E-state index contributed by atoms with van der Waals surface area (Å²) in [4.78, 5) is 22.0. The number of nitrogens with two attached hydrogens (primary N) is 1. The highest BCUT2D eigenvalue weighted by atomic mass is 31.2. The lowest BCUT2D eigenvalue weighted by molar-refractivity contribution is -0.154. The first kappa shape index (κ1) is 41.0. The Morgan fingerprint density at radius 3 is 1.86 bits per heavy atom. The van der Waals surface area contributed by atoms with Crippen LogP contribution in [0, 0.1) is 0 Å². The second-order valence-corrected chi connectivity index (χ2v) is 12.5. The van der Waals surface area contributed by atoms with Gasteiger partial charge in [0.05, 0.1) is 19.8 Å². The van der Waals surface area contributed by atoms with Crippen molar-refractivity contribution in [1.82, 2.24) is 0 Å². The molecular formula is C33H64NO7P. The molecule has 0 saturated carbocycles. The zero-order chi connectivity index (χ0) is 31.0. The van der Waals surface area contributed by atoms with Gasteiger partial charge in [0.1, 0.15) is 6.10 Å². The molecule has 248 valence electrons. The summed E-state index contributed by atoms with van der Waals surface area (Å²) in [5, 5.41) is 0. The number of carbonyl (C=O) groups excluding carboxylic acids is 1. The van der Waals surface area contributed by atoms with Gasteiger partial charge in [-0.25, -0.2) is 4.57 Å². The Hall–Kier alpha value is -1.02. The third kappa shape index (κ3) is 30.4. The van der Waals surface area contributed by atoms with Gasteiger partial charge in [-0.3, -0.25) is 13.8 Å². The van der Waals surface area contributed by atoms with Crippen LogP contribution >= 0.6 is 7.82 Å². The summed E-state index contributed by atoms with van der Waals surface area (Å²) in [5.74, 6) is -0.351. The summed E-state index contributed by atoms with van der Waals surface area (Å²) in [6.45, 7) is 4.75. The molecule has 0 fully saturated rings. The molecule has 0 heterocycles. The van der Waals surface area contributed by atoms with Gasteiger partial charge in [-0.05, 0) is 44.9 Å². The SMILES string of the molecule is CCCCCC/C=C\C/C=C\CCCCCCCCCCOCC(COP(=O)(O)OCCN)OC(=O)CCCCCC. The topological polar surface area (TPSA) is 117 Å². The van der Waals surface area contributed by atoms with Crippen LogP contribution in [0.15, 0.2) is 24.3 Å². The Balaban J connectivity index is 3.90. The maximum absolute atomic E-state index is 12.2. The van der Waals surface area contributed by atoms with Gasteiger partial charge in [0.15, 0.2) is 0 Å². The van der Waals surface area contributed by atoms with E-state index in [-0.39, 0.29) is 32.3 Å². The summed E-state index contributed by atoms with van der Waals surface area (Å²) in [6, 6.07) is 0. The first-order valence-corrected chi connectivity index (χ1v) is 18.3. The molecule has 2 atom stereocenters. The summed E-state index contributed by atoms with van der Waals surface area (Å²) in [6.07, 6.45) is 31.0. The van der Waals surface area contributed by atoms with Crippen molar-refractivity contribution in [2.75, 3.05) is 33.0 Å². The highest BCUT2D eigenvalue weighted by Gasteiger charge is 2.25. The maximum Gasteiger partial charge on any atom is 0.472 e. The van der Waals surface area contributed by atoms with Gasteiger partial charge in [-0.15, -0.1) is 0 Å². The lowest BCUT2D eigenvalue weighted by Crippen LogP contribution is -2.28. The molecule has 0 radical (unpaired) electrons. The second kappa shape index (κ2) is 31.4. The van der Waals surface area contributed by atoms with Crippen LogP contribution in [0.4, 0.5) is 0 Å². The van der Waals surface area contributed by atoms with Gasteiger partial charge >= 0.3 is 13.8 Å². The first-order valence-electron chi connectivity index (χ1n) is 16.8. The smallest absolute Gasteiger partial charge is 0.457 e. The minimum absolute atomic E-state index is 0.0963. The average molecular weight is 618 g/mol. The molecule has 42 heavy (non-hydrogen) atoms. The Bertz CT molecular complexity index is 702. The molecular weight excluding hydrogens is 553 g/mol. The van der Waals surface area contributed by atoms with Crippen molar-refractivity contribution in [2.45, 2.75) is 148 Å². The lowest BCUT2D eigenvalue weighted by Gasteiger charge is -2.20. The molecule has 0 aliphatic carbocycles. The fourth-order valence-corrected chi connectivity index (χ4v) is 5.14. The standard InChI is InChI=1S/C33H64NO7P/c1-3-5-7-9-10-11-12-13-14-15-16-17-18-19-20-21-22-23-25-28-38-30-32(31-40-42(36,37)39-29-27-34)41-33(35)26-24-8-6-4-2/h11-12,14-15,32H,3-10,13,16-31,34H2,1-2H3,(H,36,37)/b12-11-,15-14-. The molecule has 9 heteroatoms. The fourth-order valence-electron chi connectivity index (χ4n) is 4.38. The fraction of sp³-hybridized carbons (Fsp3) is 0.848. The summed E-state index contributed by atoms with van der Waals surface area (Å²) < 4.78 is 32.9. The van der Waals surface area contributed by atoms with Crippen molar-refractivity contribution in [3.8, 4) is 0 Å². The molecule has 0 aromatic carbocycles. The van der Waals surface area contributed by atoms with Gasteiger partial charge in [-0.1, -0.05) is 115 Å². The number of unbranched alkanes of at least 4 members (excludes halogenated alkanes) is 15. The number of phosphoric acid groups is 1. The quantitative estimate of drug-likeness (QED) is 0.0332. The van der Waals surface area contributed by atoms with E-state index in [1.165, 1.54) is 77.0 Å². The van der Waals surface area contributed by atoms with Crippen LogP contribution in [0.25, 0.3) is 0 Å². The maximum atomic E-state index is 12.2. The molecule has 0 aliphatic rings. The number of phosphoric ester groups is 1. The molecule has 3 N–H and O–H groups in total. The average Bonchev–Trinajstić information content (AvgIpc) is 2.97. The zero-order valence-corrected chi connectivity index (χ0v) is 27.9. The van der Waals surface area contributed by atoms with Crippen LogP contribution in [0.2, 0.25) is 0 Å². The summed E-state index contributed by atoms with van der Waals surface area (Å²) in [7, 11) is -4.25. The van der Waals surface area contributed by atoms with E-state index in [1.807, 2.05) is 0 Å². The zero-order valence-electron chi connectivity index (χ0n) is 27.0. The van der Waals surface area contributed by atoms with Crippen molar-refractivity contribution in [3.05, 3.63) is 24.3 Å². The third-order valence-electron chi connectivity index (χ3n) is 6.87. The van der Waals surface area contributed by atoms with Gasteiger partial charge in [0, 0.05) is 19.6 Å². The van der Waals surface area contributed by atoms with E-state index in [9.17, 15) is 14.3 Å². The summed E-state index contributed by atoms with van der Waals surface area (Å²) in [5.41, 5.74) is 5.31. The predicted molar refractivity (Wildman–Crippen MR) is 173 cm³/mol. The predicted octanol–water partition coefficient (Wildman–Crippen LogP) is 8.96. The molecule has 0 aliphatic heterocycles. The molecule has 0 saturated heterocycles. The van der Waals surface area contributed by atoms with Crippen LogP contribution in [0.5, 0.6) is 0 Å². The number of carbonyl (C=O) groups is 1. The number of esters is 1. The molecule has 0 bridgehead atoms. The molecule has 2 unspecified atom stereocenters. The van der Waals surface area contributed by atoms with E-state index < -0.39 is 13.9 Å². The van der Waals surface area contributed by atoms with Crippen molar-refractivity contribution >= 4 is 13.8 Å². The first-order chi connectivity index (χ1) is 20.4. The number of allylic oxidation sites excluding steroid dienone is 4. The van der Waals surface area contributed by atoms with E-state index in [0.29, 0.717) is 13.0 Å². The second-order valence-electron chi connectivity index (χ2n) is 11.0. The normalized spacial score (nSPS) is 14.1. The van der Waals surface area contributed by atoms with Gasteiger partial charge in [0.2, 0.25) is 0 Å². The lowest BCUT2D eigenvalue weighted by atomic mass is 10.1. The van der Waals surface area contributed by atoms with Crippen LogP contribution < -0.4 is 5.73 Å². The Labute approximate surface area is 257 Å². The number of rotatable bonds is 32. The highest BCUT2D eigenvalue weighted by Crippen LogP contribution is 2.43. The van der Waals surface area contributed by atoms with E-state index >= 15 is 0 Å². The largest absolute Gasteiger partial charge is 0.472 e. The molecule has 0 spiro atoms. The van der Waals surface area contributed by atoms with Crippen molar-refractivity contribution in [1.29, 1.82) is 0 Å². The number of hydrogen-bond donors (Lipinski definition) is 2. The van der Waals surface area contributed by atoms with Gasteiger partial charge < -0.3 is 20.1 Å². The Morgan fingerprint density at radius 2 is 1.26 bits per heavy atom. The molecule has 0 amide bonds. The summed E-state index contributed by atoms with van der Waals surface area (Å²) >= 11 is 0. The van der Waals surface area contributed by atoms with E-state index in [1.54, 1.807) is 0 Å². The monoisotopic (exact) mass is 617 g/mol. The number of ether oxygens (including phenoxy) is 2. The Morgan fingerprint density at radius 1 is 0.714 bits per heavy atom. The van der Waals surface area contributed by atoms with Crippen LogP contribution in [0.1, 0.15) is 142 Å². The van der Waals surface area contributed by atoms with E-state index in [2.05, 4.69) is 38.2 Å². The molecule has 0 aromatic rings. The molecule has 0 rings (SSSR count). The number of hydrogen-bond acceptors (Lipinski definition) is 7. The van der Waals surface area contributed by atoms with Gasteiger partial charge in [0.25, 0.3) is 0 Å². The third-order valence-corrected chi connectivity index (χ3v) is 7.86. The molecule has 0 aromatic heterocycles. The van der Waals surface area contributed by atoms with Crippen molar-refractivity contribution < 1.29 is 32.8 Å². The Kier molecular flexibility index (Phi) is 30.6. The minimum atomic E-state index is -4.25.